The summed E-state index contributed by atoms with van der Waals surface area (Å²) in [6, 6.07) is 2.32. The van der Waals surface area contributed by atoms with Crippen LogP contribution in [0.3, 0.4) is 0 Å². The van der Waals surface area contributed by atoms with Crippen LogP contribution < -0.4 is 10.2 Å². The van der Waals surface area contributed by atoms with Gasteiger partial charge in [0.15, 0.2) is 5.65 Å². The van der Waals surface area contributed by atoms with Crippen LogP contribution in [0.5, 0.6) is 0 Å². The highest BCUT2D eigenvalue weighted by Gasteiger charge is 2.24. The molecule has 0 saturated carbocycles. The number of aliphatic hydroxyl groups is 1. The van der Waals surface area contributed by atoms with Crippen LogP contribution in [0.4, 0.5) is 11.6 Å². The standard InChI is InChI=1S/C22H30N6O2/c1-3-17(8-7-11-25-30)15-23-20-14-21(26-22-18(4-2)16-24-28(20)22)27-12-6-5-9-19(27)10-13-29/h3,7-8,11,14,16,19,23,29H,1,4-6,9-10,12-13,15H2,2H3/b11-7-,17-8+/t19-/m0/s1. The van der Waals surface area contributed by atoms with Crippen molar-refractivity contribution in [3.63, 3.8) is 0 Å². The molecular formula is C22H30N6O2. The minimum atomic E-state index is 0.179. The molecule has 1 atom stereocenters. The number of piperidine rings is 1. The molecule has 30 heavy (non-hydrogen) atoms. The molecule has 2 N–H and O–H groups in total. The lowest BCUT2D eigenvalue weighted by Gasteiger charge is -2.36. The molecule has 1 aliphatic rings. The van der Waals surface area contributed by atoms with E-state index in [9.17, 15) is 10.0 Å². The first-order chi connectivity index (χ1) is 14.7. The first-order valence-corrected chi connectivity index (χ1v) is 10.5. The fourth-order valence-corrected chi connectivity index (χ4v) is 3.86. The molecule has 2 aromatic rings. The summed E-state index contributed by atoms with van der Waals surface area (Å²) in [5.41, 5.74) is 2.86. The van der Waals surface area contributed by atoms with Gasteiger partial charge in [0.05, 0.1) is 12.4 Å². The molecule has 1 saturated heterocycles. The first kappa shape index (κ1) is 21.7. The summed E-state index contributed by atoms with van der Waals surface area (Å²) in [4.78, 5) is 17.5. The molecule has 3 heterocycles. The molecule has 160 valence electrons. The number of hydrogen-bond donors (Lipinski definition) is 2. The van der Waals surface area contributed by atoms with E-state index < -0.39 is 0 Å². The van der Waals surface area contributed by atoms with E-state index in [4.69, 9.17) is 4.98 Å². The maximum Gasteiger partial charge on any atom is 0.162 e. The lowest BCUT2D eigenvalue weighted by Crippen LogP contribution is -2.40. The number of rotatable bonds is 10. The maximum atomic E-state index is 10.2. The van der Waals surface area contributed by atoms with Crippen molar-refractivity contribution in [2.75, 3.05) is 29.9 Å². The van der Waals surface area contributed by atoms with E-state index in [0.29, 0.717) is 12.6 Å². The molecule has 0 radical (unpaired) electrons. The van der Waals surface area contributed by atoms with Crippen LogP contribution >= 0.6 is 0 Å². The van der Waals surface area contributed by atoms with Gasteiger partial charge in [-0.05, 0) is 48.9 Å². The molecule has 0 aromatic carbocycles. The number of hydrogen-bond acceptors (Lipinski definition) is 7. The van der Waals surface area contributed by atoms with E-state index in [0.717, 1.165) is 60.6 Å². The Morgan fingerprint density at radius 1 is 1.47 bits per heavy atom. The number of aryl methyl sites for hydroxylation is 1. The van der Waals surface area contributed by atoms with Crippen molar-refractivity contribution in [3.8, 4) is 0 Å². The van der Waals surface area contributed by atoms with E-state index >= 15 is 0 Å². The molecule has 1 fully saturated rings. The summed E-state index contributed by atoms with van der Waals surface area (Å²) in [5, 5.41) is 20.2. The van der Waals surface area contributed by atoms with Gasteiger partial charge in [0, 0.05) is 37.4 Å². The van der Waals surface area contributed by atoms with Gasteiger partial charge in [-0.2, -0.15) is 9.61 Å². The zero-order valence-corrected chi connectivity index (χ0v) is 17.5. The molecule has 0 spiro atoms. The third-order valence-corrected chi connectivity index (χ3v) is 5.49. The molecular weight excluding hydrogens is 380 g/mol. The Morgan fingerprint density at radius 3 is 3.07 bits per heavy atom. The van der Waals surface area contributed by atoms with Crippen LogP contribution in [-0.2, 0) is 6.42 Å². The lowest BCUT2D eigenvalue weighted by atomic mass is 9.99. The first-order valence-electron chi connectivity index (χ1n) is 10.5. The SMILES string of the molecule is C=C/C(=C\C=C/N=O)CNc1cc(N2CCCC[C@H]2CCO)nc2c(CC)cnn12. The summed E-state index contributed by atoms with van der Waals surface area (Å²) in [5.74, 6) is 1.75. The largest absolute Gasteiger partial charge is 0.396 e. The molecule has 0 amide bonds. The van der Waals surface area contributed by atoms with Gasteiger partial charge < -0.3 is 15.3 Å². The summed E-state index contributed by atoms with van der Waals surface area (Å²) in [6.07, 6.45) is 13.2. The fourth-order valence-electron chi connectivity index (χ4n) is 3.86. The average Bonchev–Trinajstić information content (AvgIpc) is 3.20. The second-order valence-corrected chi connectivity index (χ2v) is 7.36. The summed E-state index contributed by atoms with van der Waals surface area (Å²) < 4.78 is 1.83. The number of allylic oxidation sites excluding steroid dienone is 2. The van der Waals surface area contributed by atoms with Crippen molar-refractivity contribution in [2.24, 2.45) is 5.18 Å². The van der Waals surface area contributed by atoms with Crippen LogP contribution in [0.25, 0.3) is 5.65 Å². The van der Waals surface area contributed by atoms with Gasteiger partial charge in [-0.1, -0.05) is 25.7 Å². The normalized spacial score (nSPS) is 17.6. The second kappa shape index (κ2) is 10.7. The van der Waals surface area contributed by atoms with Gasteiger partial charge in [-0.25, -0.2) is 4.98 Å². The minimum Gasteiger partial charge on any atom is -0.396 e. The molecule has 0 bridgehead atoms. The number of aromatic nitrogens is 3. The summed E-state index contributed by atoms with van der Waals surface area (Å²) in [7, 11) is 0. The highest BCUT2D eigenvalue weighted by molar-refractivity contribution is 5.62. The fraction of sp³-hybridized carbons (Fsp3) is 0.455. The molecule has 8 heteroatoms. The highest BCUT2D eigenvalue weighted by Crippen LogP contribution is 2.28. The van der Waals surface area contributed by atoms with Crippen LogP contribution in [0.2, 0.25) is 0 Å². The quantitative estimate of drug-likeness (QED) is 0.456. The van der Waals surface area contributed by atoms with E-state index in [-0.39, 0.29) is 6.61 Å². The van der Waals surface area contributed by atoms with E-state index in [1.54, 1.807) is 18.2 Å². The van der Waals surface area contributed by atoms with E-state index in [2.05, 4.69) is 34.0 Å². The lowest BCUT2D eigenvalue weighted by molar-refractivity contribution is 0.262. The number of fused-ring (bicyclic) bond motifs is 1. The number of anilines is 2. The number of nitroso groups, excluding NO2 is 1. The Hall–Kier alpha value is -3.00. The monoisotopic (exact) mass is 410 g/mol. The Labute approximate surface area is 177 Å². The Morgan fingerprint density at radius 2 is 2.33 bits per heavy atom. The Bertz CT molecular complexity index is 931. The summed E-state index contributed by atoms with van der Waals surface area (Å²) in [6.45, 7) is 7.57. The maximum absolute atomic E-state index is 10.2. The van der Waals surface area contributed by atoms with Crippen molar-refractivity contribution < 1.29 is 5.11 Å². The van der Waals surface area contributed by atoms with E-state index in [1.807, 2.05) is 16.8 Å². The van der Waals surface area contributed by atoms with Crippen molar-refractivity contribution in [1.82, 2.24) is 14.6 Å². The second-order valence-electron chi connectivity index (χ2n) is 7.36. The third-order valence-electron chi connectivity index (χ3n) is 5.49. The Balaban J connectivity index is 1.95. The number of nitrogens with zero attached hydrogens (tertiary/aromatic N) is 5. The van der Waals surface area contributed by atoms with Gasteiger partial charge in [0.2, 0.25) is 0 Å². The summed E-state index contributed by atoms with van der Waals surface area (Å²) >= 11 is 0. The highest BCUT2D eigenvalue weighted by atomic mass is 16.3. The Kier molecular flexibility index (Phi) is 7.73. The third kappa shape index (κ3) is 4.94. The van der Waals surface area contributed by atoms with Crippen LogP contribution in [0, 0.1) is 4.91 Å². The van der Waals surface area contributed by atoms with Gasteiger partial charge in [-0.3, -0.25) is 0 Å². The molecule has 1 aliphatic heterocycles. The number of aliphatic hydroxyl groups excluding tert-OH is 1. The van der Waals surface area contributed by atoms with Crippen molar-refractivity contribution in [1.29, 1.82) is 0 Å². The zero-order valence-electron chi connectivity index (χ0n) is 17.5. The van der Waals surface area contributed by atoms with Crippen LogP contribution in [-0.4, -0.2) is 45.4 Å². The molecule has 2 aromatic heterocycles. The topological polar surface area (TPSA) is 95.1 Å². The predicted molar refractivity (Wildman–Crippen MR) is 121 cm³/mol. The molecule has 8 nitrogen and oxygen atoms in total. The van der Waals surface area contributed by atoms with Crippen LogP contribution in [0.15, 0.2) is 54.0 Å². The van der Waals surface area contributed by atoms with Crippen molar-refractivity contribution >= 4 is 17.3 Å². The van der Waals surface area contributed by atoms with Gasteiger partial charge in [-0.15, -0.1) is 4.91 Å². The van der Waals surface area contributed by atoms with Crippen molar-refractivity contribution in [3.05, 3.63) is 59.3 Å². The molecule has 0 aliphatic carbocycles. The van der Waals surface area contributed by atoms with Gasteiger partial charge in [0.25, 0.3) is 0 Å². The van der Waals surface area contributed by atoms with Gasteiger partial charge in [0.1, 0.15) is 11.6 Å². The van der Waals surface area contributed by atoms with Crippen LogP contribution in [0.1, 0.15) is 38.2 Å². The molecule has 0 unspecified atom stereocenters. The zero-order chi connectivity index (χ0) is 21.3. The molecule has 3 rings (SSSR count). The smallest absolute Gasteiger partial charge is 0.162 e. The number of nitrogens with one attached hydrogen (secondary N) is 1. The predicted octanol–water partition coefficient (Wildman–Crippen LogP) is 3.84. The minimum absolute atomic E-state index is 0.179. The van der Waals surface area contributed by atoms with E-state index in [1.165, 1.54) is 12.6 Å². The average molecular weight is 411 g/mol. The van der Waals surface area contributed by atoms with Crippen molar-refractivity contribution in [2.45, 2.75) is 45.1 Å². The van der Waals surface area contributed by atoms with Gasteiger partial charge >= 0.3 is 0 Å².